The minimum atomic E-state index is 0.431. The zero-order chi connectivity index (χ0) is 12.0. The number of pyridine rings is 1. The monoisotopic (exact) mass is 262 g/mol. The van der Waals surface area contributed by atoms with Gasteiger partial charge in [-0.25, -0.2) is 0 Å². The first-order chi connectivity index (χ1) is 8.22. The lowest BCUT2D eigenvalue weighted by molar-refractivity contribution is 0.499. The van der Waals surface area contributed by atoms with Crippen molar-refractivity contribution >= 4 is 41.1 Å². The highest BCUT2D eigenvalue weighted by atomic mass is 32.1. The molecule has 17 heavy (non-hydrogen) atoms. The highest BCUT2D eigenvalue weighted by molar-refractivity contribution is 7.72. The van der Waals surface area contributed by atoms with Crippen LogP contribution in [-0.4, -0.2) is 8.97 Å². The zero-order valence-corrected chi connectivity index (χ0v) is 10.8. The van der Waals surface area contributed by atoms with Crippen molar-refractivity contribution in [2.24, 2.45) is 0 Å². The fraction of sp³-hybridized carbons (Fsp3) is 0.167. The average molecular weight is 262 g/mol. The van der Waals surface area contributed by atoms with Crippen molar-refractivity contribution in [3.05, 3.63) is 39.9 Å². The molecule has 0 bridgehead atoms. The van der Waals surface area contributed by atoms with Crippen LogP contribution in [0.3, 0.4) is 0 Å². The fourth-order valence-electron chi connectivity index (χ4n) is 2.02. The van der Waals surface area contributed by atoms with Gasteiger partial charge in [-0.1, -0.05) is 18.3 Å². The fourth-order valence-corrected chi connectivity index (χ4v) is 2.80. The topological polar surface area (TPSA) is 22.5 Å². The van der Waals surface area contributed by atoms with Gasteiger partial charge in [0.25, 0.3) is 4.84 Å². The van der Waals surface area contributed by atoms with Crippen LogP contribution in [-0.2, 0) is 6.54 Å². The van der Waals surface area contributed by atoms with Crippen LogP contribution < -0.4 is 0 Å². The summed E-state index contributed by atoms with van der Waals surface area (Å²) < 4.78 is 10.2. The number of nitrogens with zero attached hydrogens (tertiary/aromatic N) is 2. The van der Waals surface area contributed by atoms with Gasteiger partial charge in [0.05, 0.1) is 0 Å². The molecule has 3 aromatic heterocycles. The summed E-state index contributed by atoms with van der Waals surface area (Å²) in [5.41, 5.74) is 2.71. The Kier molecular flexibility index (Phi) is 2.38. The van der Waals surface area contributed by atoms with E-state index in [9.17, 15) is 0 Å². The van der Waals surface area contributed by atoms with E-state index in [1.165, 1.54) is 0 Å². The lowest BCUT2D eigenvalue weighted by atomic mass is 10.4. The summed E-state index contributed by atoms with van der Waals surface area (Å²) in [6, 6.07) is 7.93. The minimum absolute atomic E-state index is 0.431. The van der Waals surface area contributed by atoms with E-state index < -0.39 is 0 Å². The van der Waals surface area contributed by atoms with Crippen LogP contribution >= 0.6 is 24.4 Å². The normalized spacial score (nSPS) is 11.4. The van der Waals surface area contributed by atoms with Gasteiger partial charge >= 0.3 is 0 Å². The van der Waals surface area contributed by atoms with Crippen molar-refractivity contribution in [2.75, 3.05) is 0 Å². The predicted molar refractivity (Wildman–Crippen MR) is 72.5 cm³/mol. The van der Waals surface area contributed by atoms with Gasteiger partial charge in [0, 0.05) is 24.3 Å². The molecule has 0 radical (unpaired) electrons. The van der Waals surface area contributed by atoms with Crippen molar-refractivity contribution in [3.63, 3.8) is 0 Å². The van der Waals surface area contributed by atoms with Crippen LogP contribution in [0.5, 0.6) is 0 Å². The Hall–Kier alpha value is -1.46. The molecule has 86 valence electrons. The third-order valence-electron chi connectivity index (χ3n) is 2.83. The second-order valence-corrected chi connectivity index (χ2v) is 4.51. The highest BCUT2D eigenvalue weighted by Gasteiger charge is 2.08. The summed E-state index contributed by atoms with van der Waals surface area (Å²) in [6.45, 7) is 2.72. The van der Waals surface area contributed by atoms with Gasteiger partial charge in [0.2, 0.25) is 0 Å². The molecule has 0 saturated carbocycles. The standard InChI is InChI=1S/C12H10N2OS2/c1-2-13-11(16)10-9(15-12(13)17)7-8-5-3-4-6-14(8)10/h3-7H,2H2,1H3. The summed E-state index contributed by atoms with van der Waals surface area (Å²) in [5.74, 6) is 0. The van der Waals surface area contributed by atoms with Crippen LogP contribution in [0.1, 0.15) is 6.92 Å². The van der Waals surface area contributed by atoms with Gasteiger partial charge in [-0.2, -0.15) is 0 Å². The van der Waals surface area contributed by atoms with Gasteiger partial charge in [0.1, 0.15) is 10.2 Å². The summed E-state index contributed by atoms with van der Waals surface area (Å²) in [6.07, 6.45) is 1.98. The van der Waals surface area contributed by atoms with E-state index in [2.05, 4.69) is 0 Å². The Labute approximate surface area is 108 Å². The molecule has 0 N–H and O–H groups in total. The molecule has 0 fully saturated rings. The Morgan fingerprint density at radius 2 is 2.12 bits per heavy atom. The van der Waals surface area contributed by atoms with Crippen molar-refractivity contribution in [1.82, 2.24) is 8.97 Å². The number of rotatable bonds is 1. The number of hydrogen-bond acceptors (Lipinski definition) is 3. The van der Waals surface area contributed by atoms with Crippen LogP contribution in [0.4, 0.5) is 0 Å². The summed E-state index contributed by atoms with van der Waals surface area (Å²) >= 11 is 10.7. The first-order valence-electron chi connectivity index (χ1n) is 5.36. The van der Waals surface area contributed by atoms with Gasteiger partial charge in [0.15, 0.2) is 5.58 Å². The Morgan fingerprint density at radius 3 is 2.88 bits per heavy atom. The van der Waals surface area contributed by atoms with Crippen LogP contribution in [0, 0.1) is 9.48 Å². The summed E-state index contributed by atoms with van der Waals surface area (Å²) in [4.78, 5) is 0.431. The molecule has 0 aromatic carbocycles. The second-order valence-electron chi connectivity index (χ2n) is 3.77. The molecule has 3 aromatic rings. The Morgan fingerprint density at radius 1 is 1.29 bits per heavy atom. The Balaban J connectivity index is 2.65. The lowest BCUT2D eigenvalue weighted by Gasteiger charge is -2.03. The van der Waals surface area contributed by atoms with E-state index in [1.807, 2.05) is 46.4 Å². The van der Waals surface area contributed by atoms with Crippen molar-refractivity contribution in [1.29, 1.82) is 0 Å². The van der Waals surface area contributed by atoms with E-state index in [0.717, 1.165) is 27.8 Å². The molecule has 0 aliphatic rings. The van der Waals surface area contributed by atoms with E-state index in [0.29, 0.717) is 4.84 Å². The highest BCUT2D eigenvalue weighted by Crippen LogP contribution is 2.21. The third kappa shape index (κ3) is 1.46. The number of fused-ring (bicyclic) bond motifs is 3. The lowest BCUT2D eigenvalue weighted by Crippen LogP contribution is -2.00. The van der Waals surface area contributed by atoms with Crippen molar-refractivity contribution in [3.8, 4) is 0 Å². The Bertz CT molecular complexity index is 826. The molecule has 0 saturated heterocycles. The smallest absolute Gasteiger partial charge is 0.270 e. The van der Waals surface area contributed by atoms with Gasteiger partial charge in [-0.05, 0) is 31.3 Å². The molecule has 3 heterocycles. The van der Waals surface area contributed by atoms with Gasteiger partial charge in [-0.15, -0.1) is 0 Å². The SMILES string of the molecule is CCn1c(=S)oc2cc3ccccn3c2c1=S. The largest absolute Gasteiger partial charge is 0.429 e. The molecule has 0 aliphatic carbocycles. The predicted octanol–water partition coefficient (Wildman–Crippen LogP) is 3.97. The van der Waals surface area contributed by atoms with Gasteiger partial charge < -0.3 is 8.82 Å². The van der Waals surface area contributed by atoms with E-state index in [-0.39, 0.29) is 0 Å². The number of aromatic nitrogens is 2. The maximum absolute atomic E-state index is 5.64. The second kappa shape index (κ2) is 3.78. The molecule has 3 rings (SSSR count). The molecular formula is C12H10N2OS2. The third-order valence-corrected chi connectivity index (χ3v) is 3.54. The van der Waals surface area contributed by atoms with Crippen molar-refractivity contribution < 1.29 is 4.42 Å². The van der Waals surface area contributed by atoms with E-state index in [4.69, 9.17) is 28.9 Å². The quantitative estimate of drug-likeness (QED) is 0.620. The molecule has 3 nitrogen and oxygen atoms in total. The molecule has 0 amide bonds. The van der Waals surface area contributed by atoms with Gasteiger partial charge in [-0.3, -0.25) is 4.57 Å². The first-order valence-corrected chi connectivity index (χ1v) is 6.17. The molecule has 0 atom stereocenters. The zero-order valence-electron chi connectivity index (χ0n) is 9.21. The maximum atomic E-state index is 5.64. The summed E-state index contributed by atoms with van der Waals surface area (Å²) in [5, 5.41) is 0. The maximum Gasteiger partial charge on any atom is 0.270 e. The molecule has 0 aliphatic heterocycles. The first kappa shape index (κ1) is 10.7. The molecule has 0 unspecified atom stereocenters. The minimum Gasteiger partial charge on any atom is -0.429 e. The van der Waals surface area contributed by atoms with Crippen LogP contribution in [0.15, 0.2) is 34.9 Å². The number of hydrogen-bond donors (Lipinski definition) is 0. The van der Waals surface area contributed by atoms with E-state index in [1.54, 1.807) is 0 Å². The molecule has 5 heteroatoms. The van der Waals surface area contributed by atoms with E-state index >= 15 is 0 Å². The molecular weight excluding hydrogens is 252 g/mol. The summed E-state index contributed by atoms with van der Waals surface area (Å²) in [7, 11) is 0. The molecule has 0 spiro atoms. The average Bonchev–Trinajstić information content (AvgIpc) is 2.67. The van der Waals surface area contributed by atoms with Crippen molar-refractivity contribution in [2.45, 2.75) is 13.5 Å². The van der Waals surface area contributed by atoms with Crippen LogP contribution in [0.25, 0.3) is 16.6 Å². The van der Waals surface area contributed by atoms with Crippen LogP contribution in [0.2, 0.25) is 0 Å².